The zero-order valence-electron chi connectivity index (χ0n) is 12.8. The fourth-order valence-electron chi connectivity index (χ4n) is 3.39. The monoisotopic (exact) mass is 332 g/mol. The van der Waals surface area contributed by atoms with Gasteiger partial charge in [0.15, 0.2) is 5.82 Å². The van der Waals surface area contributed by atoms with E-state index in [2.05, 4.69) is 10.1 Å². The van der Waals surface area contributed by atoms with E-state index in [0.29, 0.717) is 31.1 Å². The van der Waals surface area contributed by atoms with E-state index in [1.54, 1.807) is 0 Å². The van der Waals surface area contributed by atoms with E-state index in [9.17, 15) is 18.0 Å². The summed E-state index contributed by atoms with van der Waals surface area (Å²) in [7, 11) is 0. The normalized spacial score (nSPS) is 26.4. The highest BCUT2D eigenvalue weighted by Crippen LogP contribution is 2.35. The van der Waals surface area contributed by atoms with Crippen molar-refractivity contribution in [2.24, 2.45) is 0 Å². The SMILES string of the molecule is CCc1nc([C@@H]2CCCN2[C@@H]2CCN(CC(F)(F)F)C2=O)no1. The summed E-state index contributed by atoms with van der Waals surface area (Å²) in [4.78, 5) is 19.5. The van der Waals surface area contributed by atoms with Crippen LogP contribution in [0, 0.1) is 0 Å². The molecule has 0 aromatic carbocycles. The quantitative estimate of drug-likeness (QED) is 0.843. The molecule has 2 saturated heterocycles. The maximum Gasteiger partial charge on any atom is 0.406 e. The van der Waals surface area contributed by atoms with E-state index >= 15 is 0 Å². The van der Waals surface area contributed by atoms with Crippen molar-refractivity contribution in [3.05, 3.63) is 11.7 Å². The first-order valence-corrected chi connectivity index (χ1v) is 7.83. The van der Waals surface area contributed by atoms with Gasteiger partial charge >= 0.3 is 6.18 Å². The molecule has 128 valence electrons. The molecule has 0 N–H and O–H groups in total. The Bertz CT molecular complexity index is 575. The van der Waals surface area contributed by atoms with E-state index in [0.717, 1.165) is 17.7 Å². The lowest BCUT2D eigenvalue weighted by molar-refractivity contribution is -0.159. The molecule has 1 amide bonds. The van der Waals surface area contributed by atoms with Crippen molar-refractivity contribution in [1.29, 1.82) is 0 Å². The molecule has 0 bridgehead atoms. The molecule has 0 radical (unpaired) electrons. The number of carbonyl (C=O) groups is 1. The summed E-state index contributed by atoms with van der Waals surface area (Å²) in [5.74, 6) is 0.609. The number of alkyl halides is 3. The average Bonchev–Trinajstić information content (AvgIpc) is 3.17. The fourth-order valence-corrected chi connectivity index (χ4v) is 3.39. The molecule has 2 fully saturated rings. The topological polar surface area (TPSA) is 62.5 Å². The molecule has 0 aliphatic carbocycles. The van der Waals surface area contributed by atoms with Crippen molar-refractivity contribution in [3.63, 3.8) is 0 Å². The number of amides is 1. The predicted molar refractivity (Wildman–Crippen MR) is 73.4 cm³/mol. The van der Waals surface area contributed by atoms with Crippen molar-refractivity contribution in [2.75, 3.05) is 19.6 Å². The Labute approximate surface area is 131 Å². The van der Waals surface area contributed by atoms with Crippen LogP contribution >= 0.6 is 0 Å². The second-order valence-electron chi connectivity index (χ2n) is 5.98. The molecule has 23 heavy (non-hydrogen) atoms. The number of aryl methyl sites for hydroxylation is 1. The molecular weight excluding hydrogens is 313 g/mol. The second kappa shape index (κ2) is 6.10. The summed E-state index contributed by atoms with van der Waals surface area (Å²) < 4.78 is 42.7. The largest absolute Gasteiger partial charge is 0.406 e. The van der Waals surface area contributed by atoms with Crippen LogP contribution in [0.25, 0.3) is 0 Å². The third-order valence-electron chi connectivity index (χ3n) is 4.42. The maximum atomic E-state index is 12.5. The van der Waals surface area contributed by atoms with Crippen molar-refractivity contribution < 1.29 is 22.5 Å². The molecule has 0 unspecified atom stereocenters. The van der Waals surface area contributed by atoms with Crippen LogP contribution in [0.4, 0.5) is 13.2 Å². The van der Waals surface area contributed by atoms with Gasteiger partial charge in [-0.25, -0.2) is 0 Å². The first-order chi connectivity index (χ1) is 10.9. The van der Waals surface area contributed by atoms with Gasteiger partial charge in [0.25, 0.3) is 0 Å². The molecule has 2 aliphatic heterocycles. The van der Waals surface area contributed by atoms with E-state index in [1.165, 1.54) is 0 Å². The second-order valence-corrected chi connectivity index (χ2v) is 5.98. The van der Waals surface area contributed by atoms with Crippen LogP contribution in [0.15, 0.2) is 4.52 Å². The summed E-state index contributed by atoms with van der Waals surface area (Å²) in [6, 6.07) is -0.674. The van der Waals surface area contributed by atoms with Gasteiger partial charge in [0.1, 0.15) is 6.54 Å². The molecule has 0 spiro atoms. The summed E-state index contributed by atoms with van der Waals surface area (Å²) in [5.41, 5.74) is 0. The van der Waals surface area contributed by atoms with Gasteiger partial charge in [-0.2, -0.15) is 18.2 Å². The fraction of sp³-hybridized carbons (Fsp3) is 0.786. The highest BCUT2D eigenvalue weighted by atomic mass is 19.4. The van der Waals surface area contributed by atoms with Gasteiger partial charge in [0, 0.05) is 13.0 Å². The minimum absolute atomic E-state index is 0.138. The zero-order valence-corrected chi connectivity index (χ0v) is 12.8. The van der Waals surface area contributed by atoms with Crippen molar-refractivity contribution in [3.8, 4) is 0 Å². The lowest BCUT2D eigenvalue weighted by Crippen LogP contribution is -2.43. The van der Waals surface area contributed by atoms with Crippen LogP contribution in [0.5, 0.6) is 0 Å². The number of hydrogen-bond donors (Lipinski definition) is 0. The highest BCUT2D eigenvalue weighted by molar-refractivity contribution is 5.84. The first-order valence-electron chi connectivity index (χ1n) is 7.83. The van der Waals surface area contributed by atoms with Crippen LogP contribution in [0.2, 0.25) is 0 Å². The molecule has 9 heteroatoms. The Kier molecular flexibility index (Phi) is 4.31. The van der Waals surface area contributed by atoms with Crippen molar-refractivity contribution >= 4 is 5.91 Å². The Hall–Kier alpha value is -1.64. The van der Waals surface area contributed by atoms with Crippen LogP contribution in [-0.2, 0) is 11.2 Å². The number of carbonyl (C=O) groups excluding carboxylic acids is 1. The third kappa shape index (κ3) is 3.34. The number of hydrogen-bond acceptors (Lipinski definition) is 5. The Morgan fingerprint density at radius 3 is 2.70 bits per heavy atom. The Morgan fingerprint density at radius 2 is 2.04 bits per heavy atom. The van der Waals surface area contributed by atoms with Gasteiger partial charge in [0.05, 0.1) is 12.1 Å². The highest BCUT2D eigenvalue weighted by Gasteiger charge is 2.45. The summed E-state index contributed by atoms with van der Waals surface area (Å²) >= 11 is 0. The summed E-state index contributed by atoms with van der Waals surface area (Å²) in [6.45, 7) is 1.53. The van der Waals surface area contributed by atoms with Crippen LogP contribution in [0.3, 0.4) is 0 Å². The van der Waals surface area contributed by atoms with Crippen LogP contribution in [0.1, 0.15) is 43.9 Å². The maximum absolute atomic E-state index is 12.5. The van der Waals surface area contributed by atoms with Crippen LogP contribution < -0.4 is 0 Å². The van der Waals surface area contributed by atoms with Gasteiger partial charge in [-0.15, -0.1) is 0 Å². The van der Waals surface area contributed by atoms with E-state index < -0.39 is 24.7 Å². The molecule has 2 atom stereocenters. The molecule has 1 aromatic rings. The molecule has 0 saturated carbocycles. The van der Waals surface area contributed by atoms with E-state index in [1.807, 2.05) is 11.8 Å². The van der Waals surface area contributed by atoms with Gasteiger partial charge < -0.3 is 9.42 Å². The average molecular weight is 332 g/mol. The number of nitrogens with zero attached hydrogens (tertiary/aromatic N) is 4. The van der Waals surface area contributed by atoms with E-state index in [-0.39, 0.29) is 12.6 Å². The third-order valence-corrected chi connectivity index (χ3v) is 4.42. The first kappa shape index (κ1) is 16.2. The Balaban J connectivity index is 1.72. The standard InChI is InChI=1S/C14H19F3N4O2/c1-2-11-18-12(19-23-11)9-4-3-6-21(9)10-5-7-20(13(10)22)8-14(15,16)17/h9-10H,2-8H2,1H3/t9-,10+/m0/s1. The summed E-state index contributed by atoms with van der Waals surface area (Å²) in [5, 5.41) is 3.96. The Morgan fingerprint density at radius 1 is 1.26 bits per heavy atom. The predicted octanol–water partition coefficient (Wildman–Crippen LogP) is 1.93. The van der Waals surface area contributed by atoms with E-state index in [4.69, 9.17) is 4.52 Å². The van der Waals surface area contributed by atoms with Gasteiger partial charge in [0.2, 0.25) is 11.8 Å². The number of likely N-dealkylation sites (tertiary alicyclic amines) is 2. The lowest BCUT2D eigenvalue weighted by Gasteiger charge is -2.27. The van der Waals surface area contributed by atoms with Crippen LogP contribution in [-0.4, -0.2) is 57.7 Å². The molecule has 3 rings (SSSR count). The number of rotatable bonds is 4. The van der Waals surface area contributed by atoms with Crippen molar-refractivity contribution in [2.45, 2.75) is 50.9 Å². The van der Waals surface area contributed by atoms with Gasteiger partial charge in [-0.3, -0.25) is 9.69 Å². The molecule has 3 heterocycles. The number of halogens is 3. The van der Waals surface area contributed by atoms with Gasteiger partial charge in [-0.1, -0.05) is 12.1 Å². The smallest absolute Gasteiger partial charge is 0.339 e. The molecule has 6 nitrogen and oxygen atoms in total. The minimum atomic E-state index is -4.36. The zero-order chi connectivity index (χ0) is 16.6. The number of aromatic nitrogens is 2. The minimum Gasteiger partial charge on any atom is -0.339 e. The summed E-state index contributed by atoms with van der Waals surface area (Å²) in [6.07, 6.45) is -1.68. The molecule has 2 aliphatic rings. The van der Waals surface area contributed by atoms with Crippen molar-refractivity contribution in [1.82, 2.24) is 19.9 Å². The van der Waals surface area contributed by atoms with Gasteiger partial charge in [-0.05, 0) is 25.8 Å². The lowest BCUT2D eigenvalue weighted by atomic mass is 10.1. The molecule has 1 aromatic heterocycles. The molecular formula is C14H19F3N4O2.